The van der Waals surface area contributed by atoms with Gasteiger partial charge >= 0.3 is 0 Å². The summed E-state index contributed by atoms with van der Waals surface area (Å²) in [5, 5.41) is 3.59. The van der Waals surface area contributed by atoms with Crippen LogP contribution in [0.2, 0.25) is 5.02 Å². The molecule has 0 saturated carbocycles. The Kier molecular flexibility index (Phi) is 5.29. The lowest BCUT2D eigenvalue weighted by Gasteiger charge is -2.13. The number of nitrogens with one attached hydrogen (secondary N) is 1. The fourth-order valence-corrected chi connectivity index (χ4v) is 2.48. The van der Waals surface area contributed by atoms with E-state index in [0.717, 1.165) is 11.4 Å². The fourth-order valence-electron chi connectivity index (χ4n) is 2.26. The number of ether oxygens (including phenoxy) is 1. The van der Waals surface area contributed by atoms with Crippen LogP contribution in [-0.2, 0) is 13.2 Å². The van der Waals surface area contributed by atoms with Crippen LogP contribution in [0.5, 0.6) is 5.75 Å². The van der Waals surface area contributed by atoms with Gasteiger partial charge in [0.05, 0.1) is 5.02 Å². The van der Waals surface area contributed by atoms with E-state index >= 15 is 0 Å². The predicted octanol–water partition coefficient (Wildman–Crippen LogP) is 5.07. The summed E-state index contributed by atoms with van der Waals surface area (Å²) in [6, 6.07) is 17.9. The zero-order valence-electron chi connectivity index (χ0n) is 12.9. The largest absolute Gasteiger partial charge is 0.488 e. The molecule has 0 aliphatic carbocycles. The van der Waals surface area contributed by atoms with Gasteiger partial charge in [-0.25, -0.2) is 9.37 Å². The van der Waals surface area contributed by atoms with Crippen LogP contribution in [0.1, 0.15) is 11.1 Å². The Labute approximate surface area is 145 Å². The molecule has 3 aromatic rings. The van der Waals surface area contributed by atoms with Gasteiger partial charge in [-0.3, -0.25) is 0 Å². The summed E-state index contributed by atoms with van der Waals surface area (Å²) in [6.07, 6.45) is 1.73. The molecule has 2 aromatic carbocycles. The van der Waals surface area contributed by atoms with Gasteiger partial charge in [0.2, 0.25) is 0 Å². The molecule has 0 saturated heterocycles. The lowest BCUT2D eigenvalue weighted by molar-refractivity contribution is 0.297. The molecular weight excluding hydrogens is 327 g/mol. The van der Waals surface area contributed by atoms with Crippen molar-refractivity contribution in [2.75, 3.05) is 5.32 Å². The molecule has 0 spiro atoms. The van der Waals surface area contributed by atoms with E-state index in [1.807, 2.05) is 42.5 Å². The maximum absolute atomic E-state index is 13.8. The van der Waals surface area contributed by atoms with Crippen molar-refractivity contribution in [3.63, 3.8) is 0 Å². The van der Waals surface area contributed by atoms with Crippen molar-refractivity contribution >= 4 is 17.4 Å². The first-order valence-electron chi connectivity index (χ1n) is 7.52. The number of pyridine rings is 1. The lowest BCUT2D eigenvalue weighted by atomic mass is 10.2. The van der Waals surface area contributed by atoms with Crippen LogP contribution < -0.4 is 10.1 Å². The third-order valence-corrected chi connectivity index (χ3v) is 3.89. The number of para-hydroxylation sites is 1. The number of benzene rings is 2. The molecule has 0 aliphatic heterocycles. The molecule has 3 rings (SSSR count). The Bertz CT molecular complexity index is 791. The number of hydrogen-bond acceptors (Lipinski definition) is 3. The molecule has 0 fully saturated rings. The van der Waals surface area contributed by atoms with Crippen molar-refractivity contribution in [3.05, 3.63) is 88.8 Å². The van der Waals surface area contributed by atoms with Crippen LogP contribution in [0.15, 0.2) is 66.9 Å². The van der Waals surface area contributed by atoms with Crippen LogP contribution in [0.25, 0.3) is 0 Å². The zero-order chi connectivity index (χ0) is 16.8. The van der Waals surface area contributed by atoms with Crippen LogP contribution in [-0.4, -0.2) is 4.98 Å². The predicted molar refractivity (Wildman–Crippen MR) is 93.7 cm³/mol. The van der Waals surface area contributed by atoms with E-state index < -0.39 is 0 Å². The Hall–Kier alpha value is -2.59. The normalized spacial score (nSPS) is 10.4. The molecule has 0 aliphatic rings. The number of hydrogen-bond donors (Lipinski definition) is 1. The van der Waals surface area contributed by atoms with Crippen LogP contribution in [0.4, 0.5) is 10.2 Å². The molecule has 0 amide bonds. The molecule has 0 bridgehead atoms. The molecule has 24 heavy (non-hydrogen) atoms. The Morgan fingerprint density at radius 2 is 1.83 bits per heavy atom. The van der Waals surface area contributed by atoms with Crippen LogP contribution >= 0.6 is 11.6 Å². The second-order valence-corrected chi connectivity index (χ2v) is 5.57. The Morgan fingerprint density at radius 3 is 2.62 bits per heavy atom. The fraction of sp³-hybridized carbons (Fsp3) is 0.105. The quantitative estimate of drug-likeness (QED) is 0.679. The number of nitrogens with zero attached hydrogens (tertiary/aromatic N) is 1. The summed E-state index contributed by atoms with van der Waals surface area (Å²) in [7, 11) is 0. The van der Waals surface area contributed by atoms with Crippen LogP contribution in [0, 0.1) is 5.82 Å². The Morgan fingerprint density at radius 1 is 1.00 bits per heavy atom. The van der Waals surface area contributed by atoms with Crippen LogP contribution in [0.3, 0.4) is 0 Å². The van der Waals surface area contributed by atoms with Gasteiger partial charge in [-0.2, -0.15) is 0 Å². The van der Waals surface area contributed by atoms with Gasteiger partial charge in [0.15, 0.2) is 0 Å². The minimum Gasteiger partial charge on any atom is -0.488 e. The highest BCUT2D eigenvalue weighted by Crippen LogP contribution is 2.24. The SMILES string of the molecule is Fc1cccc(Cl)c1COc1ccccc1CNc1ccccn1. The van der Waals surface area contributed by atoms with E-state index in [1.54, 1.807) is 18.3 Å². The third kappa shape index (κ3) is 4.03. The maximum atomic E-state index is 13.8. The topological polar surface area (TPSA) is 34.1 Å². The maximum Gasteiger partial charge on any atom is 0.131 e. The minimum atomic E-state index is -0.369. The summed E-state index contributed by atoms with van der Waals surface area (Å²) in [5.41, 5.74) is 1.31. The van der Waals surface area contributed by atoms with Crippen molar-refractivity contribution in [1.29, 1.82) is 0 Å². The molecule has 0 unspecified atom stereocenters. The first kappa shape index (κ1) is 16.3. The zero-order valence-corrected chi connectivity index (χ0v) is 13.6. The minimum absolute atomic E-state index is 0.0755. The average Bonchev–Trinajstić information content (AvgIpc) is 2.61. The van der Waals surface area contributed by atoms with E-state index in [2.05, 4.69) is 10.3 Å². The standard InChI is InChI=1S/C19H16ClFN2O/c20-16-7-5-8-17(21)15(16)13-24-18-9-2-1-6-14(18)12-23-19-10-3-4-11-22-19/h1-11H,12-13H2,(H,22,23). The summed E-state index contributed by atoms with van der Waals surface area (Å²) < 4.78 is 19.6. The molecular formula is C19H16ClFN2O. The van der Waals surface area contributed by atoms with E-state index in [9.17, 15) is 4.39 Å². The summed E-state index contributed by atoms with van der Waals surface area (Å²) in [5.74, 6) is 1.09. The van der Waals surface area contributed by atoms with Crippen molar-refractivity contribution in [2.24, 2.45) is 0 Å². The molecule has 1 heterocycles. The van der Waals surface area contributed by atoms with Crippen molar-refractivity contribution < 1.29 is 9.13 Å². The van der Waals surface area contributed by atoms with E-state index in [-0.39, 0.29) is 12.4 Å². The van der Waals surface area contributed by atoms with Gasteiger partial charge in [-0.05, 0) is 30.3 Å². The Balaban J connectivity index is 1.70. The van der Waals surface area contributed by atoms with Gasteiger partial charge in [-0.15, -0.1) is 0 Å². The second-order valence-electron chi connectivity index (χ2n) is 5.17. The first-order valence-corrected chi connectivity index (χ1v) is 7.90. The average molecular weight is 343 g/mol. The number of anilines is 1. The summed E-state index contributed by atoms with van der Waals surface area (Å²) >= 11 is 6.04. The molecule has 5 heteroatoms. The van der Waals surface area contributed by atoms with Gasteiger partial charge in [0, 0.05) is 23.9 Å². The molecule has 1 N–H and O–H groups in total. The van der Waals surface area contributed by atoms with Crippen molar-refractivity contribution in [3.8, 4) is 5.75 Å². The molecule has 122 valence electrons. The smallest absolute Gasteiger partial charge is 0.131 e. The van der Waals surface area contributed by atoms with E-state index in [1.165, 1.54) is 6.07 Å². The van der Waals surface area contributed by atoms with Gasteiger partial charge in [0.25, 0.3) is 0 Å². The van der Waals surface area contributed by atoms with Gasteiger partial charge < -0.3 is 10.1 Å². The van der Waals surface area contributed by atoms with Gasteiger partial charge in [-0.1, -0.05) is 41.9 Å². The molecule has 1 aromatic heterocycles. The van der Waals surface area contributed by atoms with Crippen molar-refractivity contribution in [1.82, 2.24) is 4.98 Å². The lowest BCUT2D eigenvalue weighted by Crippen LogP contribution is -2.05. The monoisotopic (exact) mass is 342 g/mol. The number of aromatic nitrogens is 1. The highest BCUT2D eigenvalue weighted by molar-refractivity contribution is 6.31. The highest BCUT2D eigenvalue weighted by atomic mass is 35.5. The molecule has 0 radical (unpaired) electrons. The molecule has 0 atom stereocenters. The van der Waals surface area contributed by atoms with E-state index in [4.69, 9.17) is 16.3 Å². The number of rotatable bonds is 6. The number of halogens is 2. The first-order chi connectivity index (χ1) is 11.7. The summed E-state index contributed by atoms with van der Waals surface area (Å²) in [4.78, 5) is 4.22. The highest BCUT2D eigenvalue weighted by Gasteiger charge is 2.09. The van der Waals surface area contributed by atoms with E-state index in [0.29, 0.717) is 22.9 Å². The van der Waals surface area contributed by atoms with Gasteiger partial charge in [0.1, 0.15) is 24.0 Å². The second kappa shape index (κ2) is 7.79. The molecule has 3 nitrogen and oxygen atoms in total. The third-order valence-electron chi connectivity index (χ3n) is 3.53. The summed E-state index contributed by atoms with van der Waals surface area (Å²) in [6.45, 7) is 0.629. The van der Waals surface area contributed by atoms with Crippen molar-refractivity contribution in [2.45, 2.75) is 13.2 Å².